The number of nitriles is 1. The van der Waals surface area contributed by atoms with Gasteiger partial charge in [-0.05, 0) is 106 Å². The van der Waals surface area contributed by atoms with Crippen molar-refractivity contribution in [2.24, 2.45) is 40.9 Å². The summed E-state index contributed by atoms with van der Waals surface area (Å²) in [5, 5.41) is 24.3. The minimum atomic E-state index is -0.434. The fraction of sp³-hybridized carbons (Fsp3) is 0.821. The predicted molar refractivity (Wildman–Crippen MR) is 127 cm³/mol. The van der Waals surface area contributed by atoms with E-state index in [0.29, 0.717) is 23.8 Å². The Bertz CT molecular complexity index is 918. The molecule has 4 fully saturated rings. The Kier molecular flexibility index (Phi) is 6.18. The molecule has 0 radical (unpaired) electrons. The summed E-state index contributed by atoms with van der Waals surface area (Å²) in [6.07, 6.45) is 17.0. The van der Waals surface area contributed by atoms with E-state index >= 15 is 0 Å². The lowest BCUT2D eigenvalue weighted by Gasteiger charge is -2.59. The number of Topliss-reactive ketones (excluding diaryl/α,β-unsaturated/α-hetero) is 1. The van der Waals surface area contributed by atoms with Crippen molar-refractivity contribution < 1.29 is 9.90 Å². The molecule has 1 heterocycles. The van der Waals surface area contributed by atoms with Crippen LogP contribution in [0.4, 0.5) is 0 Å². The van der Waals surface area contributed by atoms with Gasteiger partial charge in [-0.3, -0.25) is 9.48 Å². The highest BCUT2D eigenvalue weighted by Gasteiger charge is 2.56. The van der Waals surface area contributed by atoms with Crippen LogP contribution in [0.5, 0.6) is 0 Å². The highest BCUT2D eigenvalue weighted by molar-refractivity contribution is 5.81. The molecule has 0 spiro atoms. The number of ketones is 1. The highest BCUT2D eigenvalue weighted by atomic mass is 16.3. The van der Waals surface area contributed by atoms with Gasteiger partial charge >= 0.3 is 0 Å². The summed E-state index contributed by atoms with van der Waals surface area (Å²) in [5.74, 6) is 4.20. The van der Waals surface area contributed by atoms with Gasteiger partial charge in [0.1, 0.15) is 6.07 Å². The van der Waals surface area contributed by atoms with E-state index < -0.39 is 5.60 Å². The first-order valence-electron chi connectivity index (χ1n) is 13.5. The molecule has 4 aliphatic carbocycles. The fourth-order valence-electron chi connectivity index (χ4n) is 8.91. The van der Waals surface area contributed by atoms with E-state index in [1.165, 1.54) is 44.9 Å². The van der Waals surface area contributed by atoms with Crippen LogP contribution in [0.2, 0.25) is 0 Å². The third-order valence-corrected chi connectivity index (χ3v) is 10.8. The van der Waals surface area contributed by atoms with E-state index in [9.17, 15) is 9.90 Å². The number of hydrogen-bond donors (Lipinski definition) is 1. The molecule has 0 saturated heterocycles. The molecular weight excluding hydrogens is 410 g/mol. The molecule has 180 valence electrons. The van der Waals surface area contributed by atoms with Gasteiger partial charge in [-0.1, -0.05) is 20.3 Å². The number of carbonyl (C=O) groups is 1. The molecule has 0 amide bonds. The average molecular weight is 452 g/mol. The molecule has 33 heavy (non-hydrogen) atoms. The van der Waals surface area contributed by atoms with Crippen molar-refractivity contribution in [3.63, 3.8) is 0 Å². The number of fused-ring (bicyclic) bond motifs is 5. The van der Waals surface area contributed by atoms with Crippen molar-refractivity contribution in [1.82, 2.24) is 9.78 Å². The van der Waals surface area contributed by atoms with Crippen LogP contribution < -0.4 is 0 Å². The Labute approximate surface area is 198 Å². The molecule has 0 unspecified atom stereocenters. The zero-order valence-corrected chi connectivity index (χ0v) is 20.5. The number of carbonyl (C=O) groups excluding carboxylic acids is 1. The van der Waals surface area contributed by atoms with Crippen LogP contribution in [0.15, 0.2) is 12.4 Å². The molecule has 0 bridgehead atoms. The van der Waals surface area contributed by atoms with Crippen LogP contribution >= 0.6 is 0 Å². The highest BCUT2D eigenvalue weighted by Crippen LogP contribution is 2.63. The smallest absolute Gasteiger partial charge is 0.157 e. The summed E-state index contributed by atoms with van der Waals surface area (Å²) >= 11 is 0. The lowest BCUT2D eigenvalue weighted by molar-refractivity contribution is -0.143. The van der Waals surface area contributed by atoms with Gasteiger partial charge in [-0.15, -0.1) is 0 Å². The molecule has 8 atom stereocenters. The summed E-state index contributed by atoms with van der Waals surface area (Å²) in [7, 11) is 0. The lowest BCUT2D eigenvalue weighted by atomic mass is 9.45. The van der Waals surface area contributed by atoms with Gasteiger partial charge < -0.3 is 5.11 Å². The normalized spacial score (nSPS) is 42.8. The number of aliphatic hydroxyl groups is 1. The Hall–Kier alpha value is -1.67. The van der Waals surface area contributed by atoms with Crippen LogP contribution in [-0.2, 0) is 11.3 Å². The Morgan fingerprint density at radius 2 is 1.91 bits per heavy atom. The van der Waals surface area contributed by atoms with Crippen molar-refractivity contribution in [2.45, 2.75) is 103 Å². The molecule has 1 aromatic heterocycles. The fourth-order valence-corrected chi connectivity index (χ4v) is 8.91. The summed E-state index contributed by atoms with van der Waals surface area (Å²) in [5.41, 5.74) is 0.186. The quantitative estimate of drug-likeness (QED) is 0.654. The van der Waals surface area contributed by atoms with Gasteiger partial charge in [0.25, 0.3) is 0 Å². The molecule has 4 aliphatic rings. The lowest BCUT2D eigenvalue weighted by Crippen LogP contribution is -2.53. The monoisotopic (exact) mass is 451 g/mol. The molecule has 4 saturated carbocycles. The largest absolute Gasteiger partial charge is 0.390 e. The zero-order chi connectivity index (χ0) is 23.2. The SMILES string of the molecule is CC[C@]1(O)CC[C@H]2CC[C@@H]3[C@H](CC[C@]4(C)[C@H](C(=O)Cn5cc(C#N)cn5)CCC[C@@H]34)[C@H]2CC1. The summed E-state index contributed by atoms with van der Waals surface area (Å²) < 4.78 is 1.66. The van der Waals surface area contributed by atoms with Crippen molar-refractivity contribution in [2.75, 3.05) is 0 Å². The standard InChI is InChI=1S/C28H41N3O2/c1-3-28(33)13-9-20-7-8-23-22(21(20)11-14-28)10-12-27(2)24(23)5-4-6-25(27)26(32)18-31-17-19(15-29)16-30-31/h16-17,20-25,33H,3-14,18H2,1-2H3/t20-,21+,22-,23-,24+,25+,27+,28+/m1/s1. The maximum Gasteiger partial charge on any atom is 0.157 e. The van der Waals surface area contributed by atoms with Gasteiger partial charge in [0.2, 0.25) is 0 Å². The molecule has 5 heteroatoms. The number of rotatable bonds is 4. The summed E-state index contributed by atoms with van der Waals surface area (Å²) in [6.45, 7) is 4.87. The van der Waals surface area contributed by atoms with Gasteiger partial charge in [-0.2, -0.15) is 10.4 Å². The van der Waals surface area contributed by atoms with E-state index in [4.69, 9.17) is 5.26 Å². The molecule has 5 rings (SSSR count). The van der Waals surface area contributed by atoms with Gasteiger partial charge in [0.15, 0.2) is 5.78 Å². The average Bonchev–Trinajstić information content (AvgIpc) is 3.20. The Morgan fingerprint density at radius 1 is 1.12 bits per heavy atom. The zero-order valence-electron chi connectivity index (χ0n) is 20.5. The molecule has 1 aromatic rings. The van der Waals surface area contributed by atoms with Crippen LogP contribution in [0.3, 0.4) is 0 Å². The van der Waals surface area contributed by atoms with E-state index in [0.717, 1.165) is 55.8 Å². The second-order valence-corrected chi connectivity index (χ2v) is 12.1. The van der Waals surface area contributed by atoms with Crippen molar-refractivity contribution in [1.29, 1.82) is 5.26 Å². The number of hydrogen-bond acceptors (Lipinski definition) is 4. The maximum atomic E-state index is 13.5. The molecule has 1 N–H and O–H groups in total. The third-order valence-electron chi connectivity index (χ3n) is 10.8. The number of nitrogens with zero attached hydrogens (tertiary/aromatic N) is 3. The molecule has 0 aliphatic heterocycles. The van der Waals surface area contributed by atoms with E-state index in [1.807, 2.05) is 0 Å². The van der Waals surface area contributed by atoms with Crippen molar-refractivity contribution >= 4 is 5.78 Å². The van der Waals surface area contributed by atoms with Crippen molar-refractivity contribution in [3.05, 3.63) is 18.0 Å². The number of aromatic nitrogens is 2. The van der Waals surface area contributed by atoms with Crippen LogP contribution in [0.1, 0.15) is 96.5 Å². The van der Waals surface area contributed by atoms with Crippen LogP contribution in [0, 0.1) is 52.3 Å². The molecular formula is C28H41N3O2. The minimum Gasteiger partial charge on any atom is -0.390 e. The van der Waals surface area contributed by atoms with Gasteiger partial charge in [-0.25, -0.2) is 0 Å². The van der Waals surface area contributed by atoms with Crippen molar-refractivity contribution in [3.8, 4) is 6.07 Å². The topological polar surface area (TPSA) is 78.9 Å². The first-order valence-corrected chi connectivity index (χ1v) is 13.5. The van der Waals surface area contributed by atoms with E-state index in [1.54, 1.807) is 17.1 Å². The second kappa shape index (κ2) is 8.84. The first kappa shape index (κ1) is 23.1. The van der Waals surface area contributed by atoms with E-state index in [-0.39, 0.29) is 11.3 Å². The summed E-state index contributed by atoms with van der Waals surface area (Å²) in [6, 6.07) is 2.11. The Morgan fingerprint density at radius 3 is 2.67 bits per heavy atom. The van der Waals surface area contributed by atoms with E-state index in [2.05, 4.69) is 25.0 Å². The summed E-state index contributed by atoms with van der Waals surface area (Å²) in [4.78, 5) is 13.5. The van der Waals surface area contributed by atoms with Crippen LogP contribution in [-0.4, -0.2) is 26.3 Å². The predicted octanol–water partition coefficient (Wildman–Crippen LogP) is 5.51. The molecule has 0 aromatic carbocycles. The van der Waals surface area contributed by atoms with Crippen LogP contribution in [0.25, 0.3) is 0 Å². The second-order valence-electron chi connectivity index (χ2n) is 12.1. The minimum absolute atomic E-state index is 0.101. The first-order chi connectivity index (χ1) is 15.9. The maximum absolute atomic E-state index is 13.5. The van der Waals surface area contributed by atoms with Gasteiger partial charge in [0, 0.05) is 12.1 Å². The molecule has 5 nitrogen and oxygen atoms in total. The Balaban J connectivity index is 1.33. The van der Waals surface area contributed by atoms with Gasteiger partial charge in [0.05, 0.1) is 23.9 Å². The third kappa shape index (κ3) is 4.07.